The quantitative estimate of drug-likeness (QED) is 0.415. The molecule has 136 valence electrons. The fraction of sp³-hybridized carbons (Fsp3) is 0.143. The lowest BCUT2D eigenvalue weighted by atomic mass is 10.2. The smallest absolute Gasteiger partial charge is 0.338 e. The Morgan fingerprint density at radius 3 is 2.56 bits per heavy atom. The fourth-order valence-electron chi connectivity index (χ4n) is 2.45. The van der Waals surface area contributed by atoms with Crippen molar-refractivity contribution in [2.24, 2.45) is 5.73 Å². The van der Waals surface area contributed by atoms with Crippen LogP contribution in [0.5, 0.6) is 5.88 Å². The van der Waals surface area contributed by atoms with E-state index in [1.54, 1.807) is 42.1 Å². The summed E-state index contributed by atoms with van der Waals surface area (Å²) in [5.41, 5.74) is 8.22. The van der Waals surface area contributed by atoms with Gasteiger partial charge < -0.3 is 15.2 Å². The minimum atomic E-state index is -0.355. The number of nitrogens with zero attached hydrogens (tertiary/aromatic N) is 2. The zero-order valence-electron chi connectivity index (χ0n) is 14.9. The first kappa shape index (κ1) is 18.1. The van der Waals surface area contributed by atoms with Crippen LogP contribution in [0.15, 0.2) is 60.8 Å². The van der Waals surface area contributed by atoms with E-state index < -0.39 is 0 Å². The number of ether oxygens (including phenoxy) is 2. The Kier molecular flexibility index (Phi) is 5.75. The largest absolute Gasteiger partial charge is 0.471 e. The second-order valence-electron chi connectivity index (χ2n) is 5.60. The van der Waals surface area contributed by atoms with Crippen LogP contribution in [0.1, 0.15) is 28.4 Å². The molecule has 0 unspecified atom stereocenters. The summed E-state index contributed by atoms with van der Waals surface area (Å²) in [6.45, 7) is 2.48. The maximum Gasteiger partial charge on any atom is 0.338 e. The second kappa shape index (κ2) is 8.59. The first-order chi connectivity index (χ1) is 13.2. The molecular formula is C21H19N3O3. The highest BCUT2D eigenvalue weighted by Gasteiger charge is 2.12. The Labute approximate surface area is 157 Å². The third-order valence-electron chi connectivity index (χ3n) is 3.75. The molecule has 0 saturated heterocycles. The first-order valence-corrected chi connectivity index (χ1v) is 8.47. The standard InChI is InChI=1S/C21H19N3O3/c1-2-26-21(25)17-8-10-19(11-9-17)24-14-18(12-13-22)20(23-24)27-15-16-6-4-3-5-7-16/h3-11,14H,2,15,22H2,1H3. The Balaban J connectivity index is 1.81. The summed E-state index contributed by atoms with van der Waals surface area (Å²) in [4.78, 5) is 11.8. The van der Waals surface area contributed by atoms with E-state index in [4.69, 9.17) is 15.2 Å². The molecule has 3 aromatic rings. The van der Waals surface area contributed by atoms with Crippen molar-refractivity contribution < 1.29 is 14.3 Å². The first-order valence-electron chi connectivity index (χ1n) is 8.47. The van der Waals surface area contributed by atoms with Gasteiger partial charge in [-0.15, -0.1) is 5.10 Å². The van der Waals surface area contributed by atoms with Crippen molar-refractivity contribution in [3.05, 3.63) is 77.5 Å². The van der Waals surface area contributed by atoms with Gasteiger partial charge in [-0.3, -0.25) is 0 Å². The van der Waals surface area contributed by atoms with Gasteiger partial charge in [-0.25, -0.2) is 9.48 Å². The molecule has 1 aromatic heterocycles. The van der Waals surface area contributed by atoms with E-state index in [2.05, 4.69) is 17.1 Å². The molecule has 0 atom stereocenters. The molecule has 0 amide bonds. The normalized spacial score (nSPS) is 9.96. The fourth-order valence-corrected chi connectivity index (χ4v) is 2.45. The van der Waals surface area contributed by atoms with Crippen molar-refractivity contribution in [1.29, 1.82) is 0 Å². The molecule has 2 aromatic carbocycles. The molecule has 0 bridgehead atoms. The number of carbonyl (C=O) groups excluding carboxylic acids is 1. The van der Waals surface area contributed by atoms with Gasteiger partial charge >= 0.3 is 5.97 Å². The number of hydrogen-bond acceptors (Lipinski definition) is 5. The van der Waals surface area contributed by atoms with Crippen LogP contribution in [0.2, 0.25) is 0 Å². The number of aromatic nitrogens is 2. The zero-order chi connectivity index (χ0) is 19.1. The maximum atomic E-state index is 11.8. The number of rotatable bonds is 6. The molecule has 0 aliphatic heterocycles. The van der Waals surface area contributed by atoms with E-state index in [-0.39, 0.29) is 5.97 Å². The van der Waals surface area contributed by atoms with Crippen molar-refractivity contribution in [2.75, 3.05) is 6.61 Å². The van der Waals surface area contributed by atoms with Crippen molar-refractivity contribution in [3.8, 4) is 23.5 Å². The Hall–Kier alpha value is -3.72. The van der Waals surface area contributed by atoms with E-state index in [0.717, 1.165) is 11.3 Å². The molecule has 1 heterocycles. The Morgan fingerprint density at radius 1 is 1.15 bits per heavy atom. The van der Waals surface area contributed by atoms with E-state index in [9.17, 15) is 4.79 Å². The summed E-state index contributed by atoms with van der Waals surface area (Å²) in [7, 11) is 0. The predicted octanol–water partition coefficient (Wildman–Crippen LogP) is 2.90. The molecule has 0 radical (unpaired) electrons. The highest BCUT2D eigenvalue weighted by molar-refractivity contribution is 5.89. The van der Waals surface area contributed by atoms with E-state index in [1.165, 1.54) is 0 Å². The molecular weight excluding hydrogens is 342 g/mol. The van der Waals surface area contributed by atoms with Crippen molar-refractivity contribution >= 4 is 5.97 Å². The molecule has 0 fully saturated rings. The van der Waals surface area contributed by atoms with Crippen molar-refractivity contribution in [3.63, 3.8) is 0 Å². The van der Waals surface area contributed by atoms with Crippen LogP contribution in [0, 0.1) is 12.0 Å². The molecule has 3 rings (SSSR count). The lowest BCUT2D eigenvalue weighted by Gasteiger charge is -2.05. The van der Waals surface area contributed by atoms with Crippen LogP contribution in [0.4, 0.5) is 0 Å². The third-order valence-corrected chi connectivity index (χ3v) is 3.75. The summed E-state index contributed by atoms with van der Waals surface area (Å²) in [5, 5.41) is 4.45. The van der Waals surface area contributed by atoms with Gasteiger partial charge in [0.25, 0.3) is 0 Å². The van der Waals surface area contributed by atoms with Gasteiger partial charge in [0.2, 0.25) is 5.88 Å². The highest BCUT2D eigenvalue weighted by Crippen LogP contribution is 2.20. The van der Waals surface area contributed by atoms with Gasteiger partial charge in [-0.1, -0.05) is 30.3 Å². The summed E-state index contributed by atoms with van der Waals surface area (Å²) < 4.78 is 12.4. The summed E-state index contributed by atoms with van der Waals surface area (Å²) in [6, 6.07) is 19.1. The topological polar surface area (TPSA) is 79.4 Å². The summed E-state index contributed by atoms with van der Waals surface area (Å²) in [5.74, 6) is 2.83. The molecule has 27 heavy (non-hydrogen) atoms. The van der Waals surface area contributed by atoms with Gasteiger partial charge in [-0.2, -0.15) is 0 Å². The van der Waals surface area contributed by atoms with Crippen LogP contribution in [-0.2, 0) is 11.3 Å². The molecule has 6 nitrogen and oxygen atoms in total. The maximum absolute atomic E-state index is 11.8. The summed E-state index contributed by atoms with van der Waals surface area (Å²) in [6.07, 6.45) is 1.74. The van der Waals surface area contributed by atoms with Crippen LogP contribution < -0.4 is 10.5 Å². The van der Waals surface area contributed by atoms with Gasteiger partial charge in [0.1, 0.15) is 12.2 Å². The molecule has 6 heteroatoms. The third kappa shape index (κ3) is 4.47. The van der Waals surface area contributed by atoms with Gasteiger partial charge in [0.15, 0.2) is 0 Å². The van der Waals surface area contributed by atoms with Crippen LogP contribution in [0.25, 0.3) is 5.69 Å². The van der Waals surface area contributed by atoms with Gasteiger partial charge in [0, 0.05) is 6.04 Å². The van der Waals surface area contributed by atoms with E-state index in [0.29, 0.717) is 30.2 Å². The second-order valence-corrected chi connectivity index (χ2v) is 5.60. The number of carbonyl (C=O) groups is 1. The Morgan fingerprint density at radius 2 is 1.89 bits per heavy atom. The van der Waals surface area contributed by atoms with Crippen LogP contribution >= 0.6 is 0 Å². The number of benzene rings is 2. The summed E-state index contributed by atoms with van der Waals surface area (Å²) >= 11 is 0. The number of hydrogen-bond donors (Lipinski definition) is 1. The molecule has 2 N–H and O–H groups in total. The zero-order valence-corrected chi connectivity index (χ0v) is 14.9. The van der Waals surface area contributed by atoms with Crippen LogP contribution in [-0.4, -0.2) is 22.4 Å². The van der Waals surface area contributed by atoms with Crippen LogP contribution in [0.3, 0.4) is 0 Å². The SMILES string of the molecule is CCOC(=O)c1ccc(-n2cc(C#CN)c(OCc3ccccc3)n2)cc1. The van der Waals surface area contributed by atoms with E-state index in [1.807, 2.05) is 30.3 Å². The lowest BCUT2D eigenvalue weighted by molar-refractivity contribution is 0.0526. The average Bonchev–Trinajstić information content (AvgIpc) is 3.11. The molecule has 0 spiro atoms. The molecule has 0 aliphatic carbocycles. The molecule has 0 aliphatic rings. The van der Waals surface area contributed by atoms with Gasteiger partial charge in [0.05, 0.1) is 24.1 Å². The number of nitrogens with two attached hydrogens (primary N) is 1. The molecule has 0 saturated carbocycles. The minimum absolute atomic E-state index is 0.336. The average molecular weight is 361 g/mol. The Bertz CT molecular complexity index is 967. The highest BCUT2D eigenvalue weighted by atomic mass is 16.5. The lowest BCUT2D eigenvalue weighted by Crippen LogP contribution is -2.05. The number of esters is 1. The van der Waals surface area contributed by atoms with Crippen molar-refractivity contribution in [1.82, 2.24) is 9.78 Å². The van der Waals surface area contributed by atoms with Gasteiger partial charge in [-0.05, 0) is 42.7 Å². The van der Waals surface area contributed by atoms with Crippen molar-refractivity contribution in [2.45, 2.75) is 13.5 Å². The monoisotopic (exact) mass is 361 g/mol. The van der Waals surface area contributed by atoms with E-state index >= 15 is 0 Å². The predicted molar refractivity (Wildman–Crippen MR) is 101 cm³/mol. The minimum Gasteiger partial charge on any atom is -0.471 e.